The van der Waals surface area contributed by atoms with Crippen molar-refractivity contribution in [2.24, 2.45) is 59.2 Å². The van der Waals surface area contributed by atoms with Gasteiger partial charge in [0, 0.05) is 42.3 Å². The second-order valence-corrected chi connectivity index (χ2v) is 65.9. The van der Waals surface area contributed by atoms with Gasteiger partial charge in [-0.15, -0.1) is 0 Å². The molecule has 6 fully saturated rings. The quantitative estimate of drug-likeness (QED) is 0.0665. The second-order valence-electron chi connectivity index (χ2n) is 31.6. The monoisotopic (exact) mass is 1290 g/mol. The van der Waals surface area contributed by atoms with Crippen molar-refractivity contribution >= 4 is 86.6 Å². The van der Waals surface area contributed by atoms with Crippen molar-refractivity contribution in [3.63, 3.8) is 0 Å². The van der Waals surface area contributed by atoms with Crippen LogP contribution in [0, 0.1) is 59.2 Å². The lowest BCUT2D eigenvalue weighted by molar-refractivity contribution is 0.00635. The van der Waals surface area contributed by atoms with E-state index in [9.17, 15) is 0 Å². The zero-order valence-corrected chi connectivity index (χ0v) is 65.5. The second kappa shape index (κ2) is 29.5. The fraction of sp³-hybridized carbons (Fsp3) is 1.00. The Balaban J connectivity index is 1.71. The summed E-state index contributed by atoms with van der Waals surface area (Å²) in [6.07, 6.45) is 23.3. The minimum atomic E-state index is -4.14. The predicted octanol–water partition coefficient (Wildman–Crippen LogP) is 18.9. The van der Waals surface area contributed by atoms with E-state index in [4.69, 9.17) is 49.4 Å². The van der Waals surface area contributed by atoms with E-state index in [1.54, 1.807) is 0 Å². The fourth-order valence-electron chi connectivity index (χ4n) is 14.4. The van der Waals surface area contributed by atoms with Gasteiger partial charge in [0.25, 0.3) is 0 Å². The van der Waals surface area contributed by atoms with Gasteiger partial charge in [-0.1, -0.05) is 213 Å². The van der Waals surface area contributed by atoms with Crippen LogP contribution in [-0.4, -0.2) is 86.6 Å². The average Bonchev–Trinajstić information content (AvgIpc) is 3.27. The molecule has 3 saturated carbocycles. The smallest absolute Gasteiger partial charge is 0.416 e. The molecule has 3 saturated heterocycles. The summed E-state index contributed by atoms with van der Waals surface area (Å²) in [6, 6.07) is 6.86. The number of fused-ring (bicyclic) bond motifs is 3. The SMILES string of the molecule is CC(C)C[Si]1(O[Si](C)(C)CCC2CCCCC2)O[Si]2(CC(C)C)O[Si](CC(C)C)(O[Si](C)(C)CCC3CCCCC3)O[Si]3(CC(C)C)O[Si](CC(C)C)(O[Si](C)(C)CCC4CCCCC4)O[Si](CC(C)C)(O1)O[Si](CC(C)C)(O2)O3. The van der Waals surface area contributed by atoms with Crippen molar-refractivity contribution in [1.29, 1.82) is 0 Å². The van der Waals surface area contributed by atoms with Gasteiger partial charge >= 0.3 is 61.6 Å². The molecular formula is C58H126O12Si10. The highest BCUT2D eigenvalue weighted by molar-refractivity contribution is 7.01. The summed E-state index contributed by atoms with van der Waals surface area (Å²) in [4.78, 5) is 0. The molecule has 12 nitrogen and oxygen atoms in total. The van der Waals surface area contributed by atoms with Crippen LogP contribution in [0.15, 0.2) is 0 Å². The maximum atomic E-state index is 8.50. The zero-order chi connectivity index (χ0) is 59.1. The molecule has 0 unspecified atom stereocenters. The van der Waals surface area contributed by atoms with Crippen molar-refractivity contribution in [2.45, 2.75) is 312 Å². The molecule has 0 radical (unpaired) electrons. The summed E-state index contributed by atoms with van der Waals surface area (Å²) < 4.78 is 101. The predicted molar refractivity (Wildman–Crippen MR) is 351 cm³/mol. The van der Waals surface area contributed by atoms with Crippen LogP contribution in [0.25, 0.3) is 0 Å². The normalized spacial score (nSPS) is 33.3. The molecule has 470 valence electrons. The van der Waals surface area contributed by atoms with E-state index < -0.39 is 86.6 Å². The third kappa shape index (κ3) is 21.7. The molecule has 6 rings (SSSR count). The Kier molecular flexibility index (Phi) is 26.1. The van der Waals surface area contributed by atoms with E-state index in [-0.39, 0.29) is 41.4 Å². The first-order valence-electron chi connectivity index (χ1n) is 33.5. The summed E-state index contributed by atoms with van der Waals surface area (Å²) in [6.45, 7) is 46.5. The van der Waals surface area contributed by atoms with E-state index in [0.29, 0.717) is 42.3 Å². The first-order chi connectivity index (χ1) is 37.1. The van der Waals surface area contributed by atoms with Crippen LogP contribution in [0.5, 0.6) is 0 Å². The van der Waals surface area contributed by atoms with Crippen LogP contribution >= 0.6 is 0 Å². The summed E-state index contributed by atoms with van der Waals surface area (Å²) in [7, 11) is -36.4. The third-order valence-corrected chi connectivity index (χ3v) is 63.8. The van der Waals surface area contributed by atoms with Crippen LogP contribution in [0.1, 0.15) is 213 Å². The van der Waals surface area contributed by atoms with Gasteiger partial charge in [-0.2, -0.15) is 0 Å². The van der Waals surface area contributed by atoms with Crippen LogP contribution in [0.2, 0.25) is 99.7 Å². The highest BCUT2D eigenvalue weighted by Crippen LogP contribution is 2.53. The largest absolute Gasteiger partial charge is 0.479 e. The van der Waals surface area contributed by atoms with Crippen LogP contribution in [0.3, 0.4) is 0 Å². The number of hydrogen-bond donors (Lipinski definition) is 0. The molecular weight excluding hydrogens is 1170 g/mol. The molecule has 0 aromatic heterocycles. The molecule has 0 N–H and O–H groups in total. The topological polar surface area (TPSA) is 111 Å². The molecule has 3 aliphatic carbocycles. The Morgan fingerprint density at radius 2 is 0.475 bits per heavy atom. The van der Waals surface area contributed by atoms with E-state index in [0.717, 1.165) is 55.1 Å². The Morgan fingerprint density at radius 1 is 0.287 bits per heavy atom. The van der Waals surface area contributed by atoms with Gasteiger partial charge in [-0.3, -0.25) is 0 Å². The summed E-state index contributed by atoms with van der Waals surface area (Å²) >= 11 is 0. The Morgan fingerprint density at radius 3 is 0.662 bits per heavy atom. The molecule has 0 aromatic rings. The fourth-order valence-corrected chi connectivity index (χ4v) is 71.5. The highest BCUT2D eigenvalue weighted by atomic mass is 28.6. The summed E-state index contributed by atoms with van der Waals surface area (Å²) in [5, 5.41) is 0. The first kappa shape index (κ1) is 70.8. The van der Waals surface area contributed by atoms with Crippen molar-refractivity contribution < 1.29 is 49.4 Å². The Labute approximate surface area is 504 Å². The maximum Gasteiger partial charge on any atom is 0.479 e. The maximum absolute atomic E-state index is 8.50. The summed E-state index contributed by atoms with van der Waals surface area (Å²) in [5.74, 6) is 3.07. The van der Waals surface area contributed by atoms with Gasteiger partial charge < -0.3 is 49.4 Å². The standard InChI is InChI=1S/C58H126O12Si10/c1-49(2)42-74(59-71(15,16)39-36-56-30-24-21-25-31-56)62-77(45-52(7)8)64-75(43-50(3)4,60-72(17,18)40-37-57-32-26-22-27-33-57)66-79(47-54(11)12)67-76(44-51(5)6,61-73(19,20)41-38-58-34-28-23-29-35-58)65-78(63-74,46-53(9)10)69-80(68-77,70-79)48-55(13)14/h49-58H,21-48H2,1-20H3. The average molecular weight is 1300 g/mol. The van der Waals surface area contributed by atoms with Crippen molar-refractivity contribution in [2.75, 3.05) is 0 Å². The Bertz CT molecular complexity index is 1640. The minimum Gasteiger partial charge on any atom is -0.416 e. The van der Waals surface area contributed by atoms with Gasteiger partial charge in [0.05, 0.1) is 0 Å². The molecule has 22 heteroatoms. The third-order valence-electron chi connectivity index (χ3n) is 17.3. The molecule has 0 spiro atoms. The van der Waals surface area contributed by atoms with Crippen LogP contribution in [0.4, 0.5) is 0 Å². The van der Waals surface area contributed by atoms with Gasteiger partial charge in [0.15, 0.2) is 25.0 Å². The molecule has 0 aromatic carbocycles. The van der Waals surface area contributed by atoms with Gasteiger partial charge in [-0.05, 0) is 117 Å². The summed E-state index contributed by atoms with van der Waals surface area (Å²) in [5.41, 5.74) is 0. The first-order valence-corrected chi connectivity index (χ1v) is 56.4. The highest BCUT2D eigenvalue weighted by Gasteiger charge is 2.79. The Hall–Kier alpha value is 1.69. The van der Waals surface area contributed by atoms with Gasteiger partial charge in [-0.25, -0.2) is 0 Å². The van der Waals surface area contributed by atoms with E-state index in [1.165, 1.54) is 96.3 Å². The van der Waals surface area contributed by atoms with Crippen LogP contribution < -0.4 is 0 Å². The van der Waals surface area contributed by atoms with Gasteiger partial charge in [0.1, 0.15) is 0 Å². The van der Waals surface area contributed by atoms with E-state index in [1.807, 2.05) is 0 Å². The van der Waals surface area contributed by atoms with Gasteiger partial charge in [0.2, 0.25) is 0 Å². The van der Waals surface area contributed by atoms with Crippen molar-refractivity contribution in [3.05, 3.63) is 0 Å². The number of rotatable bonds is 29. The lowest BCUT2D eigenvalue weighted by Gasteiger charge is -2.60. The molecule has 6 aliphatic rings. The van der Waals surface area contributed by atoms with Crippen LogP contribution in [-0.2, 0) is 49.4 Å². The van der Waals surface area contributed by atoms with E-state index in [2.05, 4.69) is 136 Å². The van der Waals surface area contributed by atoms with E-state index >= 15 is 0 Å². The molecule has 0 atom stereocenters. The zero-order valence-electron chi connectivity index (χ0n) is 55.5. The molecule has 80 heavy (non-hydrogen) atoms. The minimum absolute atomic E-state index is 0.113. The van der Waals surface area contributed by atoms with Crippen molar-refractivity contribution in [1.82, 2.24) is 0 Å². The van der Waals surface area contributed by atoms with Crippen molar-refractivity contribution in [3.8, 4) is 0 Å². The number of hydrogen-bond acceptors (Lipinski definition) is 12. The molecule has 0 amide bonds. The molecule has 3 aliphatic heterocycles. The lowest BCUT2D eigenvalue weighted by atomic mass is 9.88. The molecule has 3 heterocycles. The molecule has 4 bridgehead atoms. The lowest BCUT2D eigenvalue weighted by Crippen LogP contribution is -2.84.